The van der Waals surface area contributed by atoms with Crippen molar-refractivity contribution < 1.29 is 9.53 Å². The third-order valence-corrected chi connectivity index (χ3v) is 4.98. The molecule has 7 nitrogen and oxygen atoms in total. The highest BCUT2D eigenvalue weighted by atomic mass is 16.5. The molecule has 156 valence electrons. The third kappa shape index (κ3) is 4.57. The zero-order valence-electron chi connectivity index (χ0n) is 17.9. The van der Waals surface area contributed by atoms with Crippen LogP contribution in [-0.2, 0) is 29.2 Å². The number of nitrogens with zero attached hydrogens (tertiary/aromatic N) is 4. The van der Waals surface area contributed by atoms with Crippen LogP contribution in [0.2, 0.25) is 0 Å². The quantitative estimate of drug-likeness (QED) is 0.684. The molecule has 0 fully saturated rings. The third-order valence-electron chi connectivity index (χ3n) is 4.98. The summed E-state index contributed by atoms with van der Waals surface area (Å²) in [6.45, 7) is 9.26. The second-order valence-corrected chi connectivity index (χ2v) is 8.88. The van der Waals surface area contributed by atoms with E-state index in [2.05, 4.69) is 37.1 Å². The Hall–Kier alpha value is -3.06. The molecule has 2 aromatic heterocycles. The number of anilines is 1. The van der Waals surface area contributed by atoms with E-state index in [1.54, 1.807) is 0 Å². The molecule has 3 heterocycles. The first-order chi connectivity index (χ1) is 14.3. The molecule has 1 aliphatic heterocycles. The lowest BCUT2D eigenvalue weighted by Gasteiger charge is -2.16. The Bertz CT molecular complexity index is 1080. The molecule has 0 aliphatic carbocycles. The van der Waals surface area contributed by atoms with E-state index in [4.69, 9.17) is 14.8 Å². The first-order valence-corrected chi connectivity index (χ1v) is 10.2. The van der Waals surface area contributed by atoms with Gasteiger partial charge in [-0.25, -0.2) is 9.67 Å². The molecule has 0 atom stereocenters. The Balaban J connectivity index is 1.76. The fourth-order valence-electron chi connectivity index (χ4n) is 3.41. The normalized spacial score (nSPS) is 13.3. The van der Waals surface area contributed by atoms with E-state index in [1.165, 1.54) is 6.92 Å². The van der Waals surface area contributed by atoms with Gasteiger partial charge < -0.3 is 10.1 Å². The van der Waals surface area contributed by atoms with Crippen LogP contribution < -0.4 is 5.32 Å². The monoisotopic (exact) mass is 405 g/mol. The van der Waals surface area contributed by atoms with E-state index in [0.717, 1.165) is 52.7 Å². The van der Waals surface area contributed by atoms with Crippen molar-refractivity contribution in [2.75, 3.05) is 5.32 Å². The average Bonchev–Trinajstić information content (AvgIpc) is 3.32. The summed E-state index contributed by atoms with van der Waals surface area (Å²) >= 11 is 0. The topological polar surface area (TPSA) is 81.9 Å². The Morgan fingerprint density at radius 3 is 2.83 bits per heavy atom. The van der Waals surface area contributed by atoms with E-state index < -0.39 is 0 Å². The van der Waals surface area contributed by atoms with Gasteiger partial charge in [0, 0.05) is 36.4 Å². The van der Waals surface area contributed by atoms with Gasteiger partial charge in [-0.3, -0.25) is 9.78 Å². The lowest BCUT2D eigenvalue weighted by molar-refractivity contribution is -0.114. The highest BCUT2D eigenvalue weighted by Gasteiger charge is 2.20. The van der Waals surface area contributed by atoms with Gasteiger partial charge in [0.25, 0.3) is 0 Å². The molecule has 7 heteroatoms. The smallest absolute Gasteiger partial charge is 0.221 e. The van der Waals surface area contributed by atoms with Gasteiger partial charge in [0.2, 0.25) is 5.91 Å². The van der Waals surface area contributed by atoms with E-state index in [1.807, 2.05) is 35.1 Å². The molecule has 0 radical (unpaired) electrons. The highest BCUT2D eigenvalue weighted by molar-refractivity contribution is 5.89. The maximum atomic E-state index is 11.5. The van der Waals surface area contributed by atoms with Crippen LogP contribution >= 0.6 is 0 Å². The fourth-order valence-corrected chi connectivity index (χ4v) is 3.41. The Kier molecular flexibility index (Phi) is 5.39. The number of carbonyl (C=O) groups excluding carboxylic acids is 1. The van der Waals surface area contributed by atoms with Crippen molar-refractivity contribution in [3.05, 3.63) is 53.6 Å². The highest BCUT2D eigenvalue weighted by Crippen LogP contribution is 2.28. The maximum Gasteiger partial charge on any atom is 0.221 e. The van der Waals surface area contributed by atoms with Crippen LogP contribution in [-0.4, -0.2) is 25.7 Å². The fraction of sp³-hybridized carbons (Fsp3) is 0.391. The van der Waals surface area contributed by atoms with Crippen LogP contribution in [0.3, 0.4) is 0 Å². The largest absolute Gasteiger partial charge is 0.370 e. The van der Waals surface area contributed by atoms with Crippen molar-refractivity contribution in [2.45, 2.75) is 53.8 Å². The number of aryl methyl sites for hydroxylation is 1. The number of hydrogen-bond donors (Lipinski definition) is 1. The van der Waals surface area contributed by atoms with Crippen molar-refractivity contribution in [1.29, 1.82) is 0 Å². The number of ether oxygens (including phenoxy) is 1. The molecule has 0 unspecified atom stereocenters. The SMILES string of the molecule is CC(=O)Nc1cccc(-n2nc(CCC(C)(C)C)nc2-c2cnc3c(c2)COC3)c1. The number of aromatic nitrogens is 4. The molecular weight excluding hydrogens is 378 g/mol. The molecule has 1 amide bonds. The number of rotatable bonds is 5. The second kappa shape index (κ2) is 7.99. The summed E-state index contributed by atoms with van der Waals surface area (Å²) in [6.07, 6.45) is 3.61. The van der Waals surface area contributed by atoms with Crippen molar-refractivity contribution >= 4 is 11.6 Å². The summed E-state index contributed by atoms with van der Waals surface area (Å²) in [7, 11) is 0. The van der Waals surface area contributed by atoms with E-state index >= 15 is 0 Å². The maximum absolute atomic E-state index is 11.5. The molecule has 1 aliphatic rings. The van der Waals surface area contributed by atoms with Gasteiger partial charge in [-0.05, 0) is 36.1 Å². The summed E-state index contributed by atoms with van der Waals surface area (Å²) in [4.78, 5) is 20.9. The summed E-state index contributed by atoms with van der Waals surface area (Å²) in [6, 6.07) is 9.70. The number of carbonyl (C=O) groups is 1. The summed E-state index contributed by atoms with van der Waals surface area (Å²) < 4.78 is 7.34. The Labute approximate surface area is 176 Å². The predicted molar refractivity (Wildman–Crippen MR) is 115 cm³/mol. The van der Waals surface area contributed by atoms with E-state index in [9.17, 15) is 4.79 Å². The Morgan fingerprint density at radius 2 is 2.07 bits per heavy atom. The molecule has 0 bridgehead atoms. The predicted octanol–water partition coefficient (Wildman–Crippen LogP) is 4.30. The first kappa shape index (κ1) is 20.2. The number of hydrogen-bond acceptors (Lipinski definition) is 5. The van der Waals surface area contributed by atoms with E-state index in [-0.39, 0.29) is 11.3 Å². The molecule has 30 heavy (non-hydrogen) atoms. The van der Waals surface area contributed by atoms with Crippen LogP contribution in [0.5, 0.6) is 0 Å². The number of fused-ring (bicyclic) bond motifs is 1. The van der Waals surface area contributed by atoms with Gasteiger partial charge >= 0.3 is 0 Å². The number of nitrogens with one attached hydrogen (secondary N) is 1. The molecule has 4 rings (SSSR count). The number of benzene rings is 1. The van der Waals surface area contributed by atoms with Crippen LogP contribution in [0.4, 0.5) is 5.69 Å². The van der Waals surface area contributed by atoms with Crippen molar-refractivity contribution in [3.8, 4) is 17.1 Å². The van der Waals surface area contributed by atoms with Gasteiger partial charge in [-0.15, -0.1) is 0 Å². The van der Waals surface area contributed by atoms with Gasteiger partial charge in [-0.1, -0.05) is 26.8 Å². The molecule has 3 aromatic rings. The zero-order valence-corrected chi connectivity index (χ0v) is 17.9. The van der Waals surface area contributed by atoms with Crippen LogP contribution in [0.1, 0.15) is 51.2 Å². The minimum Gasteiger partial charge on any atom is -0.370 e. The molecule has 1 N–H and O–H groups in total. The minimum absolute atomic E-state index is 0.111. The second-order valence-electron chi connectivity index (χ2n) is 8.88. The number of pyridine rings is 1. The van der Waals surface area contributed by atoms with Gasteiger partial charge in [0.15, 0.2) is 11.6 Å². The summed E-state index contributed by atoms with van der Waals surface area (Å²) in [5.41, 5.74) is 4.72. The standard InChI is InChI=1S/C23H27N5O2/c1-15(29)25-18-6-5-7-19(11-18)28-22(26-21(27-28)8-9-23(2,3)4)16-10-17-13-30-14-20(17)24-12-16/h5-7,10-12H,8-9,13-14H2,1-4H3,(H,25,29). The molecule has 0 saturated carbocycles. The van der Waals surface area contributed by atoms with Crippen molar-refractivity contribution in [3.63, 3.8) is 0 Å². The van der Waals surface area contributed by atoms with Gasteiger partial charge in [0.1, 0.15) is 0 Å². The van der Waals surface area contributed by atoms with Crippen molar-refractivity contribution in [2.24, 2.45) is 5.41 Å². The lowest BCUT2D eigenvalue weighted by Crippen LogP contribution is -2.08. The van der Waals surface area contributed by atoms with Gasteiger partial charge in [0.05, 0.1) is 24.6 Å². The average molecular weight is 406 g/mol. The van der Waals surface area contributed by atoms with Crippen molar-refractivity contribution in [1.82, 2.24) is 19.7 Å². The number of amides is 1. The Morgan fingerprint density at radius 1 is 1.23 bits per heavy atom. The minimum atomic E-state index is -0.111. The van der Waals surface area contributed by atoms with Crippen LogP contribution in [0.15, 0.2) is 36.5 Å². The van der Waals surface area contributed by atoms with Crippen LogP contribution in [0, 0.1) is 5.41 Å². The molecule has 0 saturated heterocycles. The lowest BCUT2D eigenvalue weighted by atomic mass is 9.90. The zero-order chi connectivity index (χ0) is 21.3. The molecule has 0 spiro atoms. The molecular formula is C23H27N5O2. The first-order valence-electron chi connectivity index (χ1n) is 10.2. The van der Waals surface area contributed by atoms with Crippen LogP contribution in [0.25, 0.3) is 17.1 Å². The van der Waals surface area contributed by atoms with E-state index in [0.29, 0.717) is 13.2 Å². The van der Waals surface area contributed by atoms with Gasteiger partial charge in [-0.2, -0.15) is 5.10 Å². The molecule has 1 aromatic carbocycles. The summed E-state index contributed by atoms with van der Waals surface area (Å²) in [5, 5.41) is 7.64. The summed E-state index contributed by atoms with van der Waals surface area (Å²) in [5.74, 6) is 1.42.